The monoisotopic (exact) mass is 421 g/mol. The average molecular weight is 422 g/mol. The molecule has 29 heavy (non-hydrogen) atoms. The van der Waals surface area contributed by atoms with Gasteiger partial charge in [-0.15, -0.1) is 0 Å². The number of hydrogen-bond acceptors (Lipinski definition) is 6. The maximum absolute atomic E-state index is 12.9. The molecule has 1 aromatic carbocycles. The predicted octanol–water partition coefficient (Wildman–Crippen LogP) is 1.13. The Kier molecular flexibility index (Phi) is 5.63. The van der Waals surface area contributed by atoms with Gasteiger partial charge in [-0.05, 0) is 37.1 Å². The molecule has 3 fully saturated rings. The minimum absolute atomic E-state index is 0.0482. The number of rotatable bonds is 5. The summed E-state index contributed by atoms with van der Waals surface area (Å²) in [4.78, 5) is 28.9. The zero-order chi connectivity index (χ0) is 20.6. The van der Waals surface area contributed by atoms with Gasteiger partial charge in [0.1, 0.15) is 5.75 Å². The highest BCUT2D eigenvalue weighted by atomic mass is 32.2. The van der Waals surface area contributed by atoms with E-state index in [4.69, 9.17) is 4.74 Å². The molecule has 4 rings (SSSR count). The number of hydrogen-bond donors (Lipinski definition) is 0. The fourth-order valence-electron chi connectivity index (χ4n) is 4.58. The van der Waals surface area contributed by atoms with Crippen LogP contribution in [0.2, 0.25) is 0 Å². The molecular weight excluding hydrogens is 394 g/mol. The molecule has 1 saturated carbocycles. The Morgan fingerprint density at radius 2 is 1.48 bits per heavy atom. The van der Waals surface area contributed by atoms with E-state index in [9.17, 15) is 18.0 Å². The van der Waals surface area contributed by atoms with Crippen molar-refractivity contribution in [2.24, 2.45) is 11.8 Å². The lowest BCUT2D eigenvalue weighted by Crippen LogP contribution is -2.52. The summed E-state index contributed by atoms with van der Waals surface area (Å²) >= 11 is 0. The molecular formula is C20H27N3O5S. The summed E-state index contributed by atoms with van der Waals surface area (Å²) in [5.74, 6) is 0.219. The molecule has 0 aromatic heterocycles. The first-order valence-electron chi connectivity index (χ1n) is 10.1. The molecule has 0 unspecified atom stereocenters. The van der Waals surface area contributed by atoms with E-state index in [1.807, 2.05) is 4.90 Å². The lowest BCUT2D eigenvalue weighted by atomic mass is 9.81. The Hall–Kier alpha value is -1.97. The smallest absolute Gasteiger partial charge is 0.243 e. The lowest BCUT2D eigenvalue weighted by Gasteiger charge is -2.35. The third kappa shape index (κ3) is 3.78. The fourth-order valence-corrected chi connectivity index (χ4v) is 6.00. The van der Waals surface area contributed by atoms with Crippen molar-refractivity contribution < 1.29 is 22.7 Å². The van der Waals surface area contributed by atoms with Gasteiger partial charge < -0.3 is 4.74 Å². The van der Waals surface area contributed by atoms with Crippen LogP contribution in [0.1, 0.15) is 25.7 Å². The van der Waals surface area contributed by atoms with Crippen molar-refractivity contribution in [1.29, 1.82) is 0 Å². The van der Waals surface area contributed by atoms with Crippen LogP contribution in [-0.4, -0.2) is 74.3 Å². The Morgan fingerprint density at radius 3 is 2.00 bits per heavy atom. The van der Waals surface area contributed by atoms with Gasteiger partial charge in [0.25, 0.3) is 0 Å². The Bertz CT molecular complexity index is 854. The molecule has 2 amide bonds. The Labute approximate surface area is 171 Å². The van der Waals surface area contributed by atoms with Gasteiger partial charge in [0.05, 0.1) is 30.5 Å². The van der Waals surface area contributed by atoms with E-state index in [-0.39, 0.29) is 35.2 Å². The molecule has 2 saturated heterocycles. The SMILES string of the molecule is COc1ccc(S(=O)(=O)N2CCN(CN3C(=O)[C@H]4CCCC[C@H]4C3=O)CC2)cc1. The van der Waals surface area contributed by atoms with E-state index >= 15 is 0 Å². The quantitative estimate of drug-likeness (QED) is 0.663. The number of carbonyl (C=O) groups excluding carboxylic acids is 2. The summed E-state index contributed by atoms with van der Waals surface area (Å²) in [6.45, 7) is 1.90. The highest BCUT2D eigenvalue weighted by Crippen LogP contribution is 2.38. The van der Waals surface area contributed by atoms with Crippen molar-refractivity contribution in [2.45, 2.75) is 30.6 Å². The molecule has 0 spiro atoms. The minimum atomic E-state index is -3.57. The van der Waals surface area contributed by atoms with Crippen LogP contribution in [0.5, 0.6) is 5.75 Å². The minimum Gasteiger partial charge on any atom is -0.497 e. The molecule has 3 aliphatic rings. The molecule has 1 aromatic rings. The number of carbonyl (C=O) groups is 2. The zero-order valence-electron chi connectivity index (χ0n) is 16.6. The van der Waals surface area contributed by atoms with E-state index < -0.39 is 10.0 Å². The molecule has 2 heterocycles. The lowest BCUT2D eigenvalue weighted by molar-refractivity contribution is -0.142. The number of sulfonamides is 1. The van der Waals surface area contributed by atoms with Crippen molar-refractivity contribution in [3.05, 3.63) is 24.3 Å². The molecule has 8 nitrogen and oxygen atoms in total. The van der Waals surface area contributed by atoms with Crippen LogP contribution < -0.4 is 4.74 Å². The highest BCUT2D eigenvalue weighted by Gasteiger charge is 2.48. The second kappa shape index (κ2) is 8.04. The van der Waals surface area contributed by atoms with Crippen molar-refractivity contribution in [3.63, 3.8) is 0 Å². The topological polar surface area (TPSA) is 87.2 Å². The van der Waals surface area contributed by atoms with E-state index in [1.165, 1.54) is 16.3 Å². The van der Waals surface area contributed by atoms with Crippen LogP contribution in [0.3, 0.4) is 0 Å². The summed E-state index contributed by atoms with van der Waals surface area (Å²) < 4.78 is 32.3. The number of likely N-dealkylation sites (tertiary alicyclic amines) is 1. The second-order valence-electron chi connectivity index (χ2n) is 7.94. The first-order valence-corrected chi connectivity index (χ1v) is 11.6. The standard InChI is InChI=1S/C20H27N3O5S/c1-28-15-6-8-16(9-7-15)29(26,27)22-12-10-21(11-13-22)14-23-19(24)17-4-2-3-5-18(17)20(23)25/h6-9,17-18H,2-5,10-14H2,1H3/t17-,18+. The number of amides is 2. The fraction of sp³-hybridized carbons (Fsp3) is 0.600. The van der Waals surface area contributed by atoms with Gasteiger partial charge in [-0.25, -0.2) is 8.42 Å². The van der Waals surface area contributed by atoms with Crippen LogP contribution in [0.4, 0.5) is 0 Å². The summed E-state index contributed by atoms with van der Waals surface area (Å²) in [7, 11) is -2.04. The van der Waals surface area contributed by atoms with E-state index in [0.29, 0.717) is 31.9 Å². The van der Waals surface area contributed by atoms with Gasteiger partial charge in [0, 0.05) is 26.2 Å². The van der Waals surface area contributed by atoms with Gasteiger partial charge in [-0.3, -0.25) is 19.4 Å². The number of methoxy groups -OCH3 is 1. The summed E-state index contributed by atoms with van der Waals surface area (Å²) in [6.07, 6.45) is 3.63. The van der Waals surface area contributed by atoms with Crippen molar-refractivity contribution in [2.75, 3.05) is 40.0 Å². The van der Waals surface area contributed by atoms with Crippen molar-refractivity contribution in [3.8, 4) is 5.75 Å². The van der Waals surface area contributed by atoms with Crippen molar-refractivity contribution in [1.82, 2.24) is 14.1 Å². The third-order valence-corrected chi connectivity index (χ3v) is 8.22. The molecule has 0 N–H and O–H groups in total. The van der Waals surface area contributed by atoms with E-state index in [2.05, 4.69) is 0 Å². The molecule has 9 heteroatoms. The van der Waals surface area contributed by atoms with Crippen LogP contribution >= 0.6 is 0 Å². The van der Waals surface area contributed by atoms with Gasteiger partial charge in [0.2, 0.25) is 21.8 Å². The predicted molar refractivity (Wildman–Crippen MR) is 105 cm³/mol. The number of ether oxygens (including phenoxy) is 1. The summed E-state index contributed by atoms with van der Waals surface area (Å²) in [6, 6.07) is 6.36. The molecule has 158 valence electrons. The highest BCUT2D eigenvalue weighted by molar-refractivity contribution is 7.89. The van der Waals surface area contributed by atoms with E-state index in [1.54, 1.807) is 24.3 Å². The van der Waals surface area contributed by atoms with E-state index in [0.717, 1.165) is 25.7 Å². The number of benzene rings is 1. The molecule has 0 radical (unpaired) electrons. The molecule has 0 bridgehead atoms. The van der Waals surface area contributed by atoms with Crippen LogP contribution in [0.15, 0.2) is 29.2 Å². The summed E-state index contributed by atoms with van der Waals surface area (Å²) in [5, 5.41) is 0. The van der Waals surface area contributed by atoms with Crippen LogP contribution in [0, 0.1) is 11.8 Å². The maximum Gasteiger partial charge on any atom is 0.243 e. The number of imide groups is 1. The number of fused-ring (bicyclic) bond motifs is 1. The van der Waals surface area contributed by atoms with Crippen LogP contribution in [-0.2, 0) is 19.6 Å². The Morgan fingerprint density at radius 1 is 0.931 bits per heavy atom. The van der Waals surface area contributed by atoms with Crippen molar-refractivity contribution >= 4 is 21.8 Å². The zero-order valence-corrected chi connectivity index (χ0v) is 17.4. The molecule has 2 aliphatic heterocycles. The van der Waals surface area contributed by atoms with Crippen LogP contribution in [0.25, 0.3) is 0 Å². The maximum atomic E-state index is 12.9. The summed E-state index contributed by atoms with van der Waals surface area (Å²) in [5.41, 5.74) is 0. The Balaban J connectivity index is 1.37. The third-order valence-electron chi connectivity index (χ3n) is 6.30. The van der Waals surface area contributed by atoms with Gasteiger partial charge in [0.15, 0.2) is 0 Å². The molecule has 2 atom stereocenters. The second-order valence-corrected chi connectivity index (χ2v) is 9.88. The molecule has 1 aliphatic carbocycles. The first kappa shape index (κ1) is 20.3. The first-order chi connectivity index (χ1) is 13.9. The number of piperazine rings is 1. The number of nitrogens with zero attached hydrogens (tertiary/aromatic N) is 3. The van der Waals surface area contributed by atoms with Gasteiger partial charge in [-0.2, -0.15) is 4.31 Å². The average Bonchev–Trinajstić information content (AvgIpc) is 2.99. The van der Waals surface area contributed by atoms with Gasteiger partial charge in [-0.1, -0.05) is 12.8 Å². The van der Waals surface area contributed by atoms with Gasteiger partial charge >= 0.3 is 0 Å². The largest absolute Gasteiger partial charge is 0.497 e. The normalized spacial score (nSPS) is 26.6.